The van der Waals surface area contributed by atoms with Crippen LogP contribution in [0, 0.1) is 13.8 Å². The molecule has 1 aliphatic rings. The number of fused-ring (bicyclic) bond motifs is 1. The van der Waals surface area contributed by atoms with Gasteiger partial charge in [-0.15, -0.1) is 0 Å². The molecule has 20 heavy (non-hydrogen) atoms. The molecule has 0 saturated heterocycles. The molecule has 0 unspecified atom stereocenters. The van der Waals surface area contributed by atoms with Gasteiger partial charge in [-0.3, -0.25) is 0 Å². The molecule has 1 aromatic heterocycles. The molecule has 0 bridgehead atoms. The molecule has 1 aliphatic heterocycles. The van der Waals surface area contributed by atoms with Crippen LogP contribution in [-0.4, -0.2) is 22.7 Å². The summed E-state index contributed by atoms with van der Waals surface area (Å²) in [6.45, 7) is 4.53. The predicted octanol–water partition coefficient (Wildman–Crippen LogP) is 1.80. The summed E-state index contributed by atoms with van der Waals surface area (Å²) in [5.41, 5.74) is 3.72. The minimum atomic E-state index is -3.48. The summed E-state index contributed by atoms with van der Waals surface area (Å²) in [6, 6.07) is 5.22. The first-order valence-corrected chi connectivity index (χ1v) is 7.77. The van der Waals surface area contributed by atoms with Crippen LogP contribution in [0.4, 0.5) is 0 Å². The Morgan fingerprint density at radius 3 is 2.65 bits per heavy atom. The zero-order valence-corrected chi connectivity index (χ0v) is 12.2. The fourth-order valence-electron chi connectivity index (χ4n) is 2.26. The van der Waals surface area contributed by atoms with Crippen LogP contribution >= 0.6 is 0 Å². The summed E-state index contributed by atoms with van der Waals surface area (Å²) >= 11 is 0. The minimum Gasteiger partial charge on any atom is -0.244 e. The molecule has 6 heteroatoms. The summed E-state index contributed by atoms with van der Waals surface area (Å²) in [5, 5.41) is 0. The molecule has 0 aliphatic carbocycles. The van der Waals surface area contributed by atoms with Crippen molar-refractivity contribution < 1.29 is 8.42 Å². The summed E-state index contributed by atoms with van der Waals surface area (Å²) in [7, 11) is -3.48. The van der Waals surface area contributed by atoms with E-state index in [9.17, 15) is 8.42 Å². The lowest BCUT2D eigenvalue weighted by molar-refractivity contribution is 0.429. The van der Waals surface area contributed by atoms with Crippen LogP contribution in [0.2, 0.25) is 0 Å². The van der Waals surface area contributed by atoms with Crippen molar-refractivity contribution in [3.05, 3.63) is 53.1 Å². The van der Waals surface area contributed by atoms with E-state index in [0.717, 1.165) is 22.4 Å². The number of hydrogen-bond donors (Lipinski definition) is 0. The second kappa shape index (κ2) is 4.64. The highest BCUT2D eigenvalue weighted by Gasteiger charge is 2.31. The normalized spacial score (nSPS) is 15.3. The van der Waals surface area contributed by atoms with Gasteiger partial charge in [-0.25, -0.2) is 18.4 Å². The van der Waals surface area contributed by atoms with Gasteiger partial charge in [0.1, 0.15) is 6.33 Å². The molecular weight excluding hydrogens is 274 g/mol. The second-order valence-corrected chi connectivity index (χ2v) is 6.95. The van der Waals surface area contributed by atoms with E-state index in [-0.39, 0.29) is 0 Å². The molecule has 0 spiro atoms. The smallest absolute Gasteiger partial charge is 0.243 e. The van der Waals surface area contributed by atoms with Crippen LogP contribution < -0.4 is 0 Å². The first-order chi connectivity index (χ1) is 9.48. The van der Waals surface area contributed by atoms with Gasteiger partial charge < -0.3 is 0 Å². The van der Waals surface area contributed by atoms with Crippen molar-refractivity contribution in [1.82, 2.24) is 14.3 Å². The Balaban J connectivity index is 1.96. The van der Waals surface area contributed by atoms with Gasteiger partial charge >= 0.3 is 0 Å². The average Bonchev–Trinajstić information content (AvgIpc) is 2.86. The Bertz CT molecular complexity index is 747. The van der Waals surface area contributed by atoms with E-state index in [1.807, 2.05) is 19.9 Å². The van der Waals surface area contributed by atoms with E-state index >= 15 is 0 Å². The molecular formula is C14H15N3O2S. The summed E-state index contributed by atoms with van der Waals surface area (Å²) < 4.78 is 26.7. The number of sulfonamides is 1. The number of rotatable bonds is 2. The lowest BCUT2D eigenvalue weighted by atomic mass is 10.1. The zero-order chi connectivity index (χ0) is 14.3. The first kappa shape index (κ1) is 13.2. The third-order valence-corrected chi connectivity index (χ3v) is 5.46. The SMILES string of the molecule is Cc1ccc(S(=O)(=O)N2Cc3cncnc3C2)cc1C. The summed E-state index contributed by atoms with van der Waals surface area (Å²) in [4.78, 5) is 8.40. The molecule has 1 aromatic carbocycles. The standard InChI is InChI=1S/C14H15N3O2S/c1-10-3-4-13(5-11(10)2)20(18,19)17-7-12-6-15-9-16-14(12)8-17/h3-6,9H,7-8H2,1-2H3. The third kappa shape index (κ3) is 2.10. The third-order valence-electron chi connectivity index (χ3n) is 3.67. The fourth-order valence-corrected chi connectivity index (χ4v) is 3.73. The Labute approximate surface area is 118 Å². The second-order valence-electron chi connectivity index (χ2n) is 5.01. The number of benzene rings is 1. The number of aromatic nitrogens is 2. The van der Waals surface area contributed by atoms with Crippen LogP contribution in [0.25, 0.3) is 0 Å². The van der Waals surface area contributed by atoms with E-state index in [1.54, 1.807) is 18.3 Å². The number of hydrogen-bond acceptors (Lipinski definition) is 4. The molecule has 0 amide bonds. The van der Waals surface area contributed by atoms with Gasteiger partial charge in [-0.2, -0.15) is 4.31 Å². The van der Waals surface area contributed by atoms with Crippen molar-refractivity contribution in [2.75, 3.05) is 0 Å². The zero-order valence-electron chi connectivity index (χ0n) is 11.4. The van der Waals surface area contributed by atoms with Gasteiger partial charge in [-0.1, -0.05) is 6.07 Å². The van der Waals surface area contributed by atoms with Crippen molar-refractivity contribution in [1.29, 1.82) is 0 Å². The Morgan fingerprint density at radius 1 is 1.15 bits per heavy atom. The Morgan fingerprint density at radius 2 is 1.95 bits per heavy atom. The molecule has 104 valence electrons. The van der Waals surface area contributed by atoms with Crippen LogP contribution in [0.1, 0.15) is 22.4 Å². The van der Waals surface area contributed by atoms with E-state index < -0.39 is 10.0 Å². The molecule has 0 fully saturated rings. The molecule has 5 nitrogen and oxygen atoms in total. The molecule has 2 heterocycles. The minimum absolute atomic E-state index is 0.313. The quantitative estimate of drug-likeness (QED) is 0.845. The monoisotopic (exact) mass is 289 g/mol. The molecule has 3 rings (SSSR count). The first-order valence-electron chi connectivity index (χ1n) is 6.33. The molecule has 0 saturated carbocycles. The number of aryl methyl sites for hydroxylation is 2. The molecule has 0 N–H and O–H groups in total. The maximum atomic E-state index is 12.6. The Hall–Kier alpha value is -1.79. The lowest BCUT2D eigenvalue weighted by Crippen LogP contribution is -2.25. The van der Waals surface area contributed by atoms with Gasteiger partial charge in [0.05, 0.1) is 17.1 Å². The van der Waals surface area contributed by atoms with E-state index in [1.165, 1.54) is 10.6 Å². The number of nitrogens with zero attached hydrogens (tertiary/aromatic N) is 3. The van der Waals surface area contributed by atoms with E-state index in [4.69, 9.17) is 0 Å². The van der Waals surface area contributed by atoms with Crippen molar-refractivity contribution in [3.8, 4) is 0 Å². The summed E-state index contributed by atoms with van der Waals surface area (Å²) in [5.74, 6) is 0. The Kier molecular flexibility index (Phi) is 3.07. The van der Waals surface area contributed by atoms with Gasteiger partial charge in [0.2, 0.25) is 10.0 Å². The molecule has 2 aromatic rings. The van der Waals surface area contributed by atoms with Crippen molar-refractivity contribution in [2.45, 2.75) is 31.8 Å². The fraction of sp³-hybridized carbons (Fsp3) is 0.286. The van der Waals surface area contributed by atoms with Crippen molar-refractivity contribution >= 4 is 10.0 Å². The average molecular weight is 289 g/mol. The predicted molar refractivity (Wildman–Crippen MR) is 74.4 cm³/mol. The van der Waals surface area contributed by atoms with Crippen LogP contribution in [0.5, 0.6) is 0 Å². The lowest BCUT2D eigenvalue weighted by Gasteiger charge is -2.16. The van der Waals surface area contributed by atoms with Crippen LogP contribution in [-0.2, 0) is 23.1 Å². The maximum Gasteiger partial charge on any atom is 0.243 e. The van der Waals surface area contributed by atoms with E-state index in [0.29, 0.717) is 18.0 Å². The highest BCUT2D eigenvalue weighted by molar-refractivity contribution is 7.89. The highest BCUT2D eigenvalue weighted by Crippen LogP contribution is 2.27. The van der Waals surface area contributed by atoms with Crippen molar-refractivity contribution in [3.63, 3.8) is 0 Å². The molecule has 0 radical (unpaired) electrons. The van der Waals surface area contributed by atoms with E-state index in [2.05, 4.69) is 9.97 Å². The topological polar surface area (TPSA) is 63.2 Å². The summed E-state index contributed by atoms with van der Waals surface area (Å²) in [6.07, 6.45) is 3.13. The van der Waals surface area contributed by atoms with Gasteiger partial charge in [0.25, 0.3) is 0 Å². The highest BCUT2D eigenvalue weighted by atomic mass is 32.2. The van der Waals surface area contributed by atoms with Crippen LogP contribution in [0.15, 0.2) is 35.6 Å². The van der Waals surface area contributed by atoms with Gasteiger partial charge in [-0.05, 0) is 37.1 Å². The van der Waals surface area contributed by atoms with Crippen LogP contribution in [0.3, 0.4) is 0 Å². The van der Waals surface area contributed by atoms with Crippen molar-refractivity contribution in [2.24, 2.45) is 0 Å². The van der Waals surface area contributed by atoms with Gasteiger partial charge in [0.15, 0.2) is 0 Å². The molecule has 0 atom stereocenters. The largest absolute Gasteiger partial charge is 0.244 e. The van der Waals surface area contributed by atoms with Gasteiger partial charge in [0, 0.05) is 18.3 Å². The maximum absolute atomic E-state index is 12.6.